The molecule has 8 heteroatoms. The lowest BCUT2D eigenvalue weighted by atomic mass is 9.89. The Balaban J connectivity index is 1.99. The molecule has 4 rings (SSSR count). The third-order valence-corrected chi connectivity index (χ3v) is 5.38. The van der Waals surface area contributed by atoms with Crippen molar-refractivity contribution in [2.75, 3.05) is 7.11 Å². The first kappa shape index (κ1) is 18.3. The van der Waals surface area contributed by atoms with E-state index in [-0.39, 0.29) is 46.7 Å². The molecule has 2 aromatic rings. The number of hydrogen-bond acceptors (Lipinski definition) is 8. The molecule has 1 fully saturated rings. The fourth-order valence-corrected chi connectivity index (χ4v) is 4.11. The van der Waals surface area contributed by atoms with Gasteiger partial charge in [0.1, 0.15) is 28.4 Å². The SMILES string of the molecule is CCC(CC(C)=O)c1c(O)c2c(OC)cc3c(c2oc1=O)C1CC(=O)OC1O3. The molecule has 28 heavy (non-hydrogen) atoms. The smallest absolute Gasteiger partial charge is 0.343 e. The molecule has 1 saturated heterocycles. The van der Waals surface area contributed by atoms with E-state index in [1.807, 2.05) is 6.92 Å². The first-order valence-electron chi connectivity index (χ1n) is 9.11. The van der Waals surface area contributed by atoms with Gasteiger partial charge in [-0.15, -0.1) is 0 Å². The van der Waals surface area contributed by atoms with Crippen LogP contribution in [0, 0.1) is 0 Å². The Morgan fingerprint density at radius 3 is 2.75 bits per heavy atom. The minimum Gasteiger partial charge on any atom is -0.506 e. The van der Waals surface area contributed by atoms with Crippen molar-refractivity contribution in [1.29, 1.82) is 0 Å². The molecule has 0 spiro atoms. The maximum atomic E-state index is 12.8. The van der Waals surface area contributed by atoms with Gasteiger partial charge in [0.25, 0.3) is 6.29 Å². The topological polar surface area (TPSA) is 112 Å². The molecular weight excluding hydrogens is 368 g/mol. The van der Waals surface area contributed by atoms with Crippen molar-refractivity contribution in [2.24, 2.45) is 0 Å². The fraction of sp³-hybridized carbons (Fsp3) is 0.450. The number of carbonyl (C=O) groups excluding carboxylic acids is 2. The number of Topliss-reactive ketones (excluding diaryl/α,β-unsaturated/α-hetero) is 1. The highest BCUT2D eigenvalue weighted by Gasteiger charge is 2.47. The van der Waals surface area contributed by atoms with Gasteiger partial charge < -0.3 is 28.5 Å². The molecule has 0 saturated carbocycles. The van der Waals surface area contributed by atoms with E-state index in [1.54, 1.807) is 6.07 Å². The summed E-state index contributed by atoms with van der Waals surface area (Å²) in [7, 11) is 1.42. The number of ether oxygens (including phenoxy) is 3. The monoisotopic (exact) mass is 388 g/mol. The third kappa shape index (κ3) is 2.63. The van der Waals surface area contributed by atoms with Gasteiger partial charge in [0.05, 0.1) is 25.0 Å². The first-order valence-corrected chi connectivity index (χ1v) is 9.11. The minimum atomic E-state index is -0.786. The van der Waals surface area contributed by atoms with Gasteiger partial charge in [-0.3, -0.25) is 4.79 Å². The minimum absolute atomic E-state index is 0.0534. The predicted molar refractivity (Wildman–Crippen MR) is 96.9 cm³/mol. The summed E-state index contributed by atoms with van der Waals surface area (Å²) in [4.78, 5) is 36.0. The summed E-state index contributed by atoms with van der Waals surface area (Å²) in [5, 5.41) is 11.2. The van der Waals surface area contributed by atoms with Gasteiger partial charge in [0.2, 0.25) is 0 Å². The Morgan fingerprint density at radius 1 is 1.36 bits per heavy atom. The summed E-state index contributed by atoms with van der Waals surface area (Å²) in [6, 6.07) is 1.58. The lowest BCUT2D eigenvalue weighted by Crippen LogP contribution is -2.16. The fourth-order valence-electron chi connectivity index (χ4n) is 4.11. The average molecular weight is 388 g/mol. The maximum absolute atomic E-state index is 12.8. The van der Waals surface area contributed by atoms with Crippen LogP contribution < -0.4 is 15.1 Å². The Labute approximate surface area is 160 Å². The van der Waals surface area contributed by atoms with E-state index < -0.39 is 29.7 Å². The largest absolute Gasteiger partial charge is 0.506 e. The Hall–Kier alpha value is -3.03. The van der Waals surface area contributed by atoms with Crippen molar-refractivity contribution in [3.8, 4) is 17.2 Å². The molecule has 8 nitrogen and oxygen atoms in total. The second kappa shape index (κ2) is 6.54. The van der Waals surface area contributed by atoms with Gasteiger partial charge >= 0.3 is 11.6 Å². The number of carbonyl (C=O) groups is 2. The van der Waals surface area contributed by atoms with E-state index in [2.05, 4.69) is 0 Å². The molecule has 3 atom stereocenters. The molecule has 2 aliphatic rings. The molecule has 148 valence electrons. The van der Waals surface area contributed by atoms with Gasteiger partial charge in [-0.2, -0.15) is 0 Å². The Bertz CT molecular complexity index is 1050. The highest BCUT2D eigenvalue weighted by Crippen LogP contribution is 2.52. The van der Waals surface area contributed by atoms with E-state index in [0.717, 1.165) is 0 Å². The second-order valence-electron chi connectivity index (χ2n) is 7.14. The number of benzene rings is 1. The summed E-state index contributed by atoms with van der Waals surface area (Å²) < 4.78 is 21.8. The Morgan fingerprint density at radius 2 is 2.11 bits per heavy atom. The zero-order valence-corrected chi connectivity index (χ0v) is 15.7. The van der Waals surface area contributed by atoms with Crippen LogP contribution in [-0.4, -0.2) is 30.3 Å². The normalized spacial score (nSPS) is 21.0. The zero-order valence-electron chi connectivity index (χ0n) is 15.7. The number of ketones is 1. The van der Waals surface area contributed by atoms with Gasteiger partial charge in [-0.1, -0.05) is 6.92 Å². The maximum Gasteiger partial charge on any atom is 0.343 e. The number of hydrogen-bond donors (Lipinski definition) is 1. The van der Waals surface area contributed by atoms with Gasteiger partial charge in [-0.05, 0) is 13.3 Å². The zero-order chi connectivity index (χ0) is 20.2. The second-order valence-corrected chi connectivity index (χ2v) is 7.14. The van der Waals surface area contributed by atoms with Crippen LogP contribution in [-0.2, 0) is 14.3 Å². The molecule has 1 aromatic carbocycles. The lowest BCUT2D eigenvalue weighted by molar-refractivity contribution is -0.150. The average Bonchev–Trinajstić information content (AvgIpc) is 3.14. The molecule has 1 N–H and O–H groups in total. The van der Waals surface area contributed by atoms with Gasteiger partial charge in [0.15, 0.2) is 5.58 Å². The van der Waals surface area contributed by atoms with Crippen LogP contribution in [0.4, 0.5) is 0 Å². The summed E-state index contributed by atoms with van der Waals surface area (Å²) in [5.74, 6) is -1.02. The van der Waals surface area contributed by atoms with Crippen LogP contribution in [0.15, 0.2) is 15.3 Å². The molecule has 2 aliphatic heterocycles. The van der Waals surface area contributed by atoms with Crippen molar-refractivity contribution in [3.63, 3.8) is 0 Å². The predicted octanol–water partition coefficient (Wildman–Crippen LogP) is 2.73. The molecule has 3 heterocycles. The molecule has 0 bridgehead atoms. The van der Waals surface area contributed by atoms with E-state index in [1.165, 1.54) is 14.0 Å². The van der Waals surface area contributed by atoms with Crippen LogP contribution >= 0.6 is 0 Å². The molecule has 3 unspecified atom stereocenters. The van der Waals surface area contributed by atoms with Crippen molar-refractivity contribution in [2.45, 2.75) is 51.2 Å². The first-order chi connectivity index (χ1) is 13.3. The summed E-state index contributed by atoms with van der Waals surface area (Å²) in [6.07, 6.45) is -0.102. The highest BCUT2D eigenvalue weighted by molar-refractivity contribution is 5.96. The Kier molecular flexibility index (Phi) is 4.28. The number of aromatic hydroxyl groups is 1. The van der Waals surface area contributed by atoms with Crippen molar-refractivity contribution < 1.29 is 33.3 Å². The number of fused-ring (bicyclic) bond motifs is 5. The van der Waals surface area contributed by atoms with Crippen LogP contribution in [0.5, 0.6) is 17.2 Å². The molecule has 0 aliphatic carbocycles. The summed E-state index contributed by atoms with van der Waals surface area (Å²) >= 11 is 0. The lowest BCUT2D eigenvalue weighted by Gasteiger charge is -2.17. The summed E-state index contributed by atoms with van der Waals surface area (Å²) in [5.41, 5.74) is -0.0470. The number of rotatable bonds is 5. The van der Waals surface area contributed by atoms with E-state index in [4.69, 9.17) is 18.6 Å². The highest BCUT2D eigenvalue weighted by atomic mass is 16.7. The molecule has 0 radical (unpaired) electrons. The van der Waals surface area contributed by atoms with Crippen molar-refractivity contribution in [1.82, 2.24) is 0 Å². The molecular formula is C20H20O8. The van der Waals surface area contributed by atoms with Crippen LogP contribution in [0.25, 0.3) is 11.0 Å². The molecule has 1 aromatic heterocycles. The molecule has 0 amide bonds. The quantitative estimate of drug-likeness (QED) is 0.615. The van der Waals surface area contributed by atoms with Gasteiger partial charge in [-0.25, -0.2) is 4.79 Å². The van der Waals surface area contributed by atoms with E-state index in [0.29, 0.717) is 17.7 Å². The standard InChI is InChI=1S/C20H20O8/c1-4-9(5-8(2)21)14-17(23)16-11(25-3)7-12-15(18(16)28-19(14)24)10-6-13(22)27-20(10)26-12/h7,9-10,20,23H,4-6H2,1-3H3. The summed E-state index contributed by atoms with van der Waals surface area (Å²) in [6.45, 7) is 3.26. The number of esters is 1. The number of methoxy groups -OCH3 is 1. The van der Waals surface area contributed by atoms with Crippen molar-refractivity contribution >= 4 is 22.7 Å². The van der Waals surface area contributed by atoms with Crippen molar-refractivity contribution in [3.05, 3.63) is 27.6 Å². The van der Waals surface area contributed by atoms with Crippen LogP contribution in [0.3, 0.4) is 0 Å². The van der Waals surface area contributed by atoms with Gasteiger partial charge in [0, 0.05) is 24.0 Å². The van der Waals surface area contributed by atoms with E-state index >= 15 is 0 Å². The van der Waals surface area contributed by atoms with E-state index in [9.17, 15) is 19.5 Å². The van der Waals surface area contributed by atoms with Crippen LogP contribution in [0.1, 0.15) is 56.1 Å². The third-order valence-electron chi connectivity index (χ3n) is 5.38. The van der Waals surface area contributed by atoms with Crippen LogP contribution in [0.2, 0.25) is 0 Å².